The summed E-state index contributed by atoms with van der Waals surface area (Å²) in [6.07, 6.45) is 3.37. The summed E-state index contributed by atoms with van der Waals surface area (Å²) in [4.78, 5) is 0. The quantitative estimate of drug-likeness (QED) is 0.464. The maximum Gasteiger partial charge on any atom is 0.198 e. The van der Waals surface area contributed by atoms with Crippen LogP contribution in [-0.2, 0) is 13.5 Å². The Bertz CT molecular complexity index is 926. The summed E-state index contributed by atoms with van der Waals surface area (Å²) in [5.41, 5.74) is 1.48. The fourth-order valence-electron chi connectivity index (χ4n) is 4.45. The maximum atomic E-state index is 2.60. The Morgan fingerprint density at radius 3 is 2.78 bits per heavy atom. The number of thiophene rings is 1. The molecule has 0 N–H and O–H groups in total. The zero-order valence-corrected chi connectivity index (χ0v) is 17.8. The topological polar surface area (TPSA) is 3.88 Å². The molecule has 4 heteroatoms. The van der Waals surface area contributed by atoms with Gasteiger partial charge in [-0.15, -0.1) is 11.3 Å². The molecule has 1 unspecified atom stereocenters. The van der Waals surface area contributed by atoms with Crippen molar-refractivity contribution in [2.24, 2.45) is 7.05 Å². The van der Waals surface area contributed by atoms with Crippen molar-refractivity contribution < 1.29 is 4.57 Å². The second-order valence-corrected chi connectivity index (χ2v) is 16.6. The molecule has 1 aliphatic heterocycles. The SMILES string of the molecule is CCc1c2sc3ccc4c(c3c2cc[n+]1C)[Si](C)(C)CC[SiH]4C. The Labute approximate surface area is 145 Å². The van der Waals surface area contributed by atoms with Gasteiger partial charge >= 0.3 is 0 Å². The summed E-state index contributed by atoms with van der Waals surface area (Å²) in [7, 11) is 0.149. The number of fused-ring (bicyclic) bond motifs is 5. The number of pyridine rings is 1. The number of hydrogen-bond donors (Lipinski definition) is 0. The van der Waals surface area contributed by atoms with Crippen molar-refractivity contribution in [1.82, 2.24) is 0 Å². The van der Waals surface area contributed by atoms with E-state index in [0.29, 0.717) is 0 Å². The molecule has 3 heterocycles. The van der Waals surface area contributed by atoms with E-state index >= 15 is 0 Å². The van der Waals surface area contributed by atoms with Crippen molar-refractivity contribution in [3.8, 4) is 0 Å². The smallest absolute Gasteiger partial charge is 0.198 e. The number of hydrogen-bond acceptors (Lipinski definition) is 1. The average Bonchev–Trinajstić information content (AvgIpc) is 2.89. The number of benzene rings is 1. The summed E-state index contributed by atoms with van der Waals surface area (Å²) in [6, 6.07) is 10.3. The third-order valence-electron chi connectivity index (χ3n) is 5.82. The number of rotatable bonds is 1. The Hall–Kier alpha value is -0.976. The maximum absolute atomic E-state index is 2.60. The molecule has 0 fully saturated rings. The lowest BCUT2D eigenvalue weighted by atomic mass is 10.1. The van der Waals surface area contributed by atoms with E-state index in [9.17, 15) is 0 Å². The van der Waals surface area contributed by atoms with Gasteiger partial charge < -0.3 is 0 Å². The molecule has 1 aromatic carbocycles. The standard InChI is InChI=1S/C19H26NSSi2/c1-6-14-18-13(9-10-20(14)2)17-15(21-18)7-8-16-19(17)23(4,5)12-11-22(16)3/h7-10,22H,6,11-12H2,1-5H3/q+1. The highest BCUT2D eigenvalue weighted by molar-refractivity contribution is 7.26. The lowest BCUT2D eigenvalue weighted by Crippen LogP contribution is -2.58. The van der Waals surface area contributed by atoms with Crippen LogP contribution in [0.5, 0.6) is 0 Å². The van der Waals surface area contributed by atoms with Crippen LogP contribution < -0.4 is 14.9 Å². The Kier molecular flexibility index (Phi) is 3.56. The first kappa shape index (κ1) is 15.5. The predicted molar refractivity (Wildman–Crippen MR) is 109 cm³/mol. The van der Waals surface area contributed by atoms with Crippen molar-refractivity contribution in [1.29, 1.82) is 0 Å². The fraction of sp³-hybridized carbons (Fsp3) is 0.421. The Morgan fingerprint density at radius 2 is 2.04 bits per heavy atom. The first-order valence-corrected chi connectivity index (χ1v) is 15.4. The molecule has 3 aromatic rings. The summed E-state index contributed by atoms with van der Waals surface area (Å²) in [5, 5.41) is 6.77. The van der Waals surface area contributed by atoms with Crippen LogP contribution in [-0.4, -0.2) is 16.9 Å². The highest BCUT2D eigenvalue weighted by Gasteiger charge is 2.35. The van der Waals surface area contributed by atoms with Crippen LogP contribution in [0.15, 0.2) is 24.4 Å². The van der Waals surface area contributed by atoms with E-state index < -0.39 is 16.9 Å². The molecule has 2 aromatic heterocycles. The van der Waals surface area contributed by atoms with Crippen molar-refractivity contribution in [3.05, 3.63) is 30.1 Å². The van der Waals surface area contributed by atoms with Crippen LogP contribution in [0, 0.1) is 0 Å². The summed E-state index contributed by atoms with van der Waals surface area (Å²) in [6.45, 7) is 10.0. The van der Waals surface area contributed by atoms with Gasteiger partial charge in [-0.25, -0.2) is 4.57 Å². The molecular formula is C19H26NSSi2+. The normalized spacial score (nSPS) is 20.1. The third kappa shape index (κ3) is 2.18. The van der Waals surface area contributed by atoms with E-state index in [1.807, 2.05) is 16.5 Å². The average molecular weight is 357 g/mol. The molecule has 0 spiro atoms. The minimum atomic E-state index is -1.30. The Balaban J connectivity index is 2.19. The molecule has 120 valence electrons. The van der Waals surface area contributed by atoms with E-state index in [4.69, 9.17) is 0 Å². The second kappa shape index (κ2) is 5.26. The minimum absolute atomic E-state index is 0.733. The zero-order valence-electron chi connectivity index (χ0n) is 14.9. The molecule has 0 amide bonds. The third-order valence-corrected chi connectivity index (χ3v) is 14.0. The predicted octanol–water partition coefficient (Wildman–Crippen LogP) is 3.43. The van der Waals surface area contributed by atoms with Gasteiger partial charge in [-0.1, -0.05) is 55.1 Å². The van der Waals surface area contributed by atoms with Gasteiger partial charge in [0.25, 0.3) is 0 Å². The van der Waals surface area contributed by atoms with E-state index in [1.54, 1.807) is 10.6 Å². The van der Waals surface area contributed by atoms with Crippen LogP contribution in [0.25, 0.3) is 20.2 Å². The number of aryl methyl sites for hydroxylation is 2. The summed E-state index contributed by atoms with van der Waals surface area (Å²) in [5.74, 6) is 0. The lowest BCUT2D eigenvalue weighted by molar-refractivity contribution is -0.677. The monoisotopic (exact) mass is 356 g/mol. The van der Waals surface area contributed by atoms with Gasteiger partial charge in [0.15, 0.2) is 11.9 Å². The molecule has 1 nitrogen and oxygen atoms in total. The Morgan fingerprint density at radius 1 is 1.26 bits per heavy atom. The first-order chi connectivity index (χ1) is 10.9. The van der Waals surface area contributed by atoms with Crippen molar-refractivity contribution in [3.63, 3.8) is 0 Å². The van der Waals surface area contributed by atoms with E-state index in [1.165, 1.54) is 32.6 Å². The highest BCUT2D eigenvalue weighted by Crippen LogP contribution is 2.36. The second-order valence-electron chi connectivity index (χ2n) is 7.80. The molecule has 23 heavy (non-hydrogen) atoms. The van der Waals surface area contributed by atoms with E-state index in [-0.39, 0.29) is 0 Å². The molecule has 0 saturated heterocycles. The summed E-state index contributed by atoms with van der Waals surface area (Å²) >= 11 is 2.02. The minimum Gasteiger partial charge on any atom is -0.204 e. The molecular weight excluding hydrogens is 330 g/mol. The van der Waals surface area contributed by atoms with Gasteiger partial charge in [-0.05, 0) is 11.5 Å². The first-order valence-electron chi connectivity index (χ1n) is 8.81. The largest absolute Gasteiger partial charge is 0.204 e. The van der Waals surface area contributed by atoms with Crippen LogP contribution in [0.3, 0.4) is 0 Å². The van der Waals surface area contributed by atoms with Crippen LogP contribution >= 0.6 is 11.3 Å². The highest BCUT2D eigenvalue weighted by atomic mass is 32.1. The van der Waals surface area contributed by atoms with Crippen molar-refractivity contribution in [2.45, 2.75) is 45.1 Å². The van der Waals surface area contributed by atoms with Gasteiger partial charge in [0, 0.05) is 22.6 Å². The van der Waals surface area contributed by atoms with Gasteiger partial charge in [-0.3, -0.25) is 0 Å². The van der Waals surface area contributed by atoms with Gasteiger partial charge in [0.05, 0.1) is 16.9 Å². The molecule has 0 aliphatic carbocycles. The molecule has 1 aliphatic rings. The van der Waals surface area contributed by atoms with Crippen LogP contribution in [0.2, 0.25) is 31.7 Å². The van der Waals surface area contributed by atoms with E-state index in [2.05, 4.69) is 62.6 Å². The molecule has 0 radical (unpaired) electrons. The fourth-order valence-corrected chi connectivity index (χ4v) is 15.9. The number of nitrogens with zero attached hydrogens (tertiary/aromatic N) is 1. The van der Waals surface area contributed by atoms with Crippen LogP contribution in [0.4, 0.5) is 0 Å². The molecule has 0 bridgehead atoms. The van der Waals surface area contributed by atoms with Gasteiger partial charge in [-0.2, -0.15) is 0 Å². The van der Waals surface area contributed by atoms with E-state index in [0.717, 1.165) is 6.42 Å². The molecule has 1 atom stereocenters. The molecule has 4 rings (SSSR count). The van der Waals surface area contributed by atoms with Crippen molar-refractivity contribution >= 4 is 58.8 Å². The number of aromatic nitrogens is 1. The van der Waals surface area contributed by atoms with Gasteiger partial charge in [0.1, 0.15) is 11.7 Å². The van der Waals surface area contributed by atoms with Crippen molar-refractivity contribution in [2.75, 3.05) is 0 Å². The zero-order chi connectivity index (χ0) is 16.4. The molecule has 0 saturated carbocycles. The lowest BCUT2D eigenvalue weighted by Gasteiger charge is -2.34. The van der Waals surface area contributed by atoms with Gasteiger partial charge in [0.2, 0.25) is 0 Å². The van der Waals surface area contributed by atoms with Crippen LogP contribution in [0.1, 0.15) is 12.6 Å². The summed E-state index contributed by atoms with van der Waals surface area (Å²) < 4.78 is 5.35.